The fraction of sp³-hybridized carbons (Fsp3) is 0.500. The largest absolute Gasteiger partial charge is 0.331 e. The molecule has 0 radical (unpaired) electrons. The number of benzene rings is 1. The van der Waals surface area contributed by atoms with Crippen LogP contribution in [0, 0.1) is 0 Å². The zero-order valence-corrected chi connectivity index (χ0v) is 12.8. The van der Waals surface area contributed by atoms with Gasteiger partial charge in [0.2, 0.25) is 11.8 Å². The van der Waals surface area contributed by atoms with E-state index in [0.717, 1.165) is 12.1 Å². The number of amides is 2. The monoisotopic (exact) mass is 276 g/mol. The normalized spacial score (nSPS) is 11.8. The molecule has 0 N–H and O–H groups in total. The van der Waals surface area contributed by atoms with Crippen LogP contribution in [-0.4, -0.2) is 35.8 Å². The molecule has 1 aromatic carbocycles. The lowest BCUT2D eigenvalue weighted by atomic mass is 10.2. The highest BCUT2D eigenvalue weighted by Gasteiger charge is 2.22. The Morgan fingerprint density at radius 3 is 2.20 bits per heavy atom. The van der Waals surface area contributed by atoms with E-state index in [1.807, 2.05) is 51.1 Å². The fourth-order valence-corrected chi connectivity index (χ4v) is 2.14. The molecule has 4 nitrogen and oxygen atoms in total. The van der Waals surface area contributed by atoms with Crippen LogP contribution in [0.5, 0.6) is 0 Å². The molecule has 110 valence electrons. The third kappa shape index (κ3) is 4.08. The average molecular weight is 276 g/mol. The van der Waals surface area contributed by atoms with Crippen LogP contribution in [0.4, 0.5) is 5.69 Å². The van der Waals surface area contributed by atoms with E-state index < -0.39 is 0 Å². The number of hydrogen-bond donors (Lipinski definition) is 0. The summed E-state index contributed by atoms with van der Waals surface area (Å²) < 4.78 is 0. The van der Waals surface area contributed by atoms with Crippen molar-refractivity contribution in [1.29, 1.82) is 0 Å². The van der Waals surface area contributed by atoms with Gasteiger partial charge in [-0.05, 0) is 32.4 Å². The van der Waals surface area contributed by atoms with Gasteiger partial charge < -0.3 is 9.80 Å². The Kier molecular flexibility index (Phi) is 6.22. The van der Waals surface area contributed by atoms with E-state index in [4.69, 9.17) is 0 Å². The van der Waals surface area contributed by atoms with Gasteiger partial charge in [0.25, 0.3) is 0 Å². The van der Waals surface area contributed by atoms with E-state index >= 15 is 0 Å². The molecule has 1 aromatic rings. The van der Waals surface area contributed by atoms with Gasteiger partial charge in [0.05, 0.1) is 0 Å². The Bertz CT molecular complexity index is 445. The lowest BCUT2D eigenvalue weighted by molar-refractivity contribution is -0.135. The van der Waals surface area contributed by atoms with Crippen LogP contribution in [0.2, 0.25) is 0 Å². The zero-order chi connectivity index (χ0) is 15.1. The van der Waals surface area contributed by atoms with Crippen molar-refractivity contribution in [1.82, 2.24) is 4.90 Å². The van der Waals surface area contributed by atoms with Crippen LogP contribution >= 0.6 is 0 Å². The predicted octanol–water partition coefficient (Wildman–Crippen LogP) is 2.69. The second-order valence-electron chi connectivity index (χ2n) is 4.88. The molecule has 0 saturated heterocycles. The molecule has 0 aromatic heterocycles. The second-order valence-corrected chi connectivity index (χ2v) is 4.88. The highest BCUT2D eigenvalue weighted by molar-refractivity contribution is 5.96. The van der Waals surface area contributed by atoms with Gasteiger partial charge >= 0.3 is 0 Å². The minimum Gasteiger partial charge on any atom is -0.331 e. The van der Waals surface area contributed by atoms with Crippen LogP contribution < -0.4 is 4.90 Å². The van der Waals surface area contributed by atoms with Crippen LogP contribution in [-0.2, 0) is 9.59 Å². The summed E-state index contributed by atoms with van der Waals surface area (Å²) in [5, 5.41) is 0. The summed E-state index contributed by atoms with van der Waals surface area (Å²) in [6.07, 6.45) is 0.838. The van der Waals surface area contributed by atoms with Crippen molar-refractivity contribution < 1.29 is 9.59 Å². The summed E-state index contributed by atoms with van der Waals surface area (Å²) in [5.74, 6) is -0.106. The number of carbonyl (C=O) groups is 2. The molecular weight excluding hydrogens is 252 g/mol. The van der Waals surface area contributed by atoms with E-state index in [1.165, 1.54) is 6.92 Å². The summed E-state index contributed by atoms with van der Waals surface area (Å²) in [4.78, 5) is 27.5. The Hall–Kier alpha value is -1.84. The SMILES string of the molecule is CCC(C)N(CC(=O)N(CC)c1ccccc1)C(C)=O. The maximum atomic E-state index is 12.4. The summed E-state index contributed by atoms with van der Waals surface area (Å²) in [7, 11) is 0. The second kappa shape index (κ2) is 7.68. The molecule has 0 aliphatic rings. The van der Waals surface area contributed by atoms with E-state index in [-0.39, 0.29) is 24.4 Å². The van der Waals surface area contributed by atoms with Crippen LogP contribution in [0.3, 0.4) is 0 Å². The number of para-hydroxylation sites is 1. The molecule has 0 heterocycles. The maximum absolute atomic E-state index is 12.4. The standard InChI is InChI=1S/C16H24N2O2/c1-5-13(3)18(14(4)19)12-16(20)17(6-2)15-10-8-7-9-11-15/h7-11,13H,5-6,12H2,1-4H3. The van der Waals surface area contributed by atoms with Crippen LogP contribution in [0.1, 0.15) is 34.1 Å². The van der Waals surface area contributed by atoms with Gasteiger partial charge in [0.1, 0.15) is 6.54 Å². The van der Waals surface area contributed by atoms with Crippen molar-refractivity contribution in [2.24, 2.45) is 0 Å². The highest BCUT2D eigenvalue weighted by Crippen LogP contribution is 2.14. The highest BCUT2D eigenvalue weighted by atomic mass is 16.2. The molecule has 1 atom stereocenters. The Morgan fingerprint density at radius 1 is 1.15 bits per heavy atom. The van der Waals surface area contributed by atoms with Crippen molar-refractivity contribution >= 4 is 17.5 Å². The third-order valence-electron chi connectivity index (χ3n) is 3.52. The molecule has 1 rings (SSSR count). The summed E-state index contributed by atoms with van der Waals surface area (Å²) >= 11 is 0. The lowest BCUT2D eigenvalue weighted by Crippen LogP contribution is -2.45. The first-order chi connectivity index (χ1) is 9.51. The minimum atomic E-state index is -0.0585. The van der Waals surface area contributed by atoms with Gasteiger partial charge in [-0.1, -0.05) is 25.1 Å². The molecular formula is C16H24N2O2. The Labute approximate surface area is 121 Å². The third-order valence-corrected chi connectivity index (χ3v) is 3.52. The molecule has 2 amide bonds. The quantitative estimate of drug-likeness (QED) is 0.801. The van der Waals surface area contributed by atoms with E-state index in [0.29, 0.717) is 6.54 Å². The van der Waals surface area contributed by atoms with Crippen LogP contribution in [0.25, 0.3) is 0 Å². The molecule has 0 aliphatic carbocycles. The molecule has 0 bridgehead atoms. The maximum Gasteiger partial charge on any atom is 0.246 e. The van der Waals surface area contributed by atoms with Crippen molar-refractivity contribution in [2.75, 3.05) is 18.0 Å². The van der Waals surface area contributed by atoms with Gasteiger partial charge in [-0.2, -0.15) is 0 Å². The molecule has 1 unspecified atom stereocenters. The van der Waals surface area contributed by atoms with Gasteiger partial charge in [0, 0.05) is 25.2 Å². The smallest absolute Gasteiger partial charge is 0.246 e. The van der Waals surface area contributed by atoms with Crippen molar-refractivity contribution in [3.05, 3.63) is 30.3 Å². The lowest BCUT2D eigenvalue weighted by Gasteiger charge is -2.30. The molecule has 0 saturated carbocycles. The molecule has 0 aliphatic heterocycles. The van der Waals surface area contributed by atoms with Gasteiger partial charge in [0.15, 0.2) is 0 Å². The zero-order valence-electron chi connectivity index (χ0n) is 12.8. The Balaban J connectivity index is 2.84. The number of anilines is 1. The number of rotatable bonds is 6. The fourth-order valence-electron chi connectivity index (χ4n) is 2.14. The average Bonchev–Trinajstić information content (AvgIpc) is 2.45. The molecule has 20 heavy (non-hydrogen) atoms. The summed E-state index contributed by atoms with van der Waals surface area (Å²) in [5.41, 5.74) is 0.868. The number of nitrogens with zero attached hydrogens (tertiary/aromatic N) is 2. The first-order valence-corrected chi connectivity index (χ1v) is 7.13. The molecule has 0 spiro atoms. The van der Waals surface area contributed by atoms with Gasteiger partial charge in [-0.25, -0.2) is 0 Å². The predicted molar refractivity (Wildman–Crippen MR) is 81.6 cm³/mol. The number of hydrogen-bond acceptors (Lipinski definition) is 2. The number of carbonyl (C=O) groups excluding carboxylic acids is 2. The summed E-state index contributed by atoms with van der Waals surface area (Å²) in [6.45, 7) is 8.15. The van der Waals surface area contributed by atoms with Crippen molar-refractivity contribution in [3.63, 3.8) is 0 Å². The first kappa shape index (κ1) is 16.2. The van der Waals surface area contributed by atoms with Crippen molar-refractivity contribution in [3.8, 4) is 0 Å². The number of likely N-dealkylation sites (N-methyl/N-ethyl adjacent to an activating group) is 1. The first-order valence-electron chi connectivity index (χ1n) is 7.13. The van der Waals surface area contributed by atoms with Crippen LogP contribution in [0.15, 0.2) is 30.3 Å². The van der Waals surface area contributed by atoms with Crippen molar-refractivity contribution in [2.45, 2.75) is 40.2 Å². The van der Waals surface area contributed by atoms with Gasteiger partial charge in [-0.3, -0.25) is 9.59 Å². The Morgan fingerprint density at radius 2 is 1.75 bits per heavy atom. The molecule has 4 heteroatoms. The minimum absolute atomic E-state index is 0.0470. The van der Waals surface area contributed by atoms with E-state index in [2.05, 4.69) is 0 Å². The van der Waals surface area contributed by atoms with E-state index in [9.17, 15) is 9.59 Å². The molecule has 0 fully saturated rings. The summed E-state index contributed by atoms with van der Waals surface area (Å²) in [6, 6.07) is 9.62. The van der Waals surface area contributed by atoms with E-state index in [1.54, 1.807) is 9.80 Å². The topological polar surface area (TPSA) is 40.6 Å². The van der Waals surface area contributed by atoms with Gasteiger partial charge in [-0.15, -0.1) is 0 Å².